The van der Waals surface area contributed by atoms with Gasteiger partial charge in [-0.25, -0.2) is 0 Å². The molecule has 0 bridgehead atoms. The van der Waals surface area contributed by atoms with Crippen molar-refractivity contribution in [1.82, 2.24) is 15.0 Å². The van der Waals surface area contributed by atoms with Gasteiger partial charge in [0.25, 0.3) is 0 Å². The van der Waals surface area contributed by atoms with Gasteiger partial charge in [-0.15, -0.1) is 0 Å². The summed E-state index contributed by atoms with van der Waals surface area (Å²) in [7, 11) is 0. The Morgan fingerprint density at radius 3 is 2.54 bits per heavy atom. The molecule has 7 nitrogen and oxygen atoms in total. The van der Waals surface area contributed by atoms with Gasteiger partial charge in [-0.3, -0.25) is 9.80 Å². The number of nitriles is 1. The molecule has 26 heavy (non-hydrogen) atoms. The fourth-order valence-electron chi connectivity index (χ4n) is 3.02. The normalized spacial score (nSPS) is 17.0. The SMILES string of the molecule is Cc1cc(CN2CCN(CC(O)COc3ccc(C#N)cc3)CC2)no1. The fraction of sp³-hybridized carbons (Fsp3) is 0.474. The second kappa shape index (κ2) is 8.81. The van der Waals surface area contributed by atoms with Gasteiger partial charge in [0.2, 0.25) is 0 Å². The third-order valence-corrected chi connectivity index (χ3v) is 4.42. The van der Waals surface area contributed by atoms with Crippen LogP contribution in [0.1, 0.15) is 17.0 Å². The number of rotatable bonds is 7. The van der Waals surface area contributed by atoms with Gasteiger partial charge < -0.3 is 14.4 Å². The van der Waals surface area contributed by atoms with Gasteiger partial charge >= 0.3 is 0 Å². The molecule has 1 aliphatic rings. The maximum Gasteiger partial charge on any atom is 0.133 e. The maximum absolute atomic E-state index is 10.2. The van der Waals surface area contributed by atoms with Crippen molar-refractivity contribution in [3.8, 4) is 11.8 Å². The number of aliphatic hydroxyl groups excluding tert-OH is 1. The Labute approximate surface area is 153 Å². The summed E-state index contributed by atoms with van der Waals surface area (Å²) >= 11 is 0. The molecular weight excluding hydrogens is 332 g/mol. The molecule has 2 aromatic rings. The largest absolute Gasteiger partial charge is 0.491 e. The van der Waals surface area contributed by atoms with Crippen LogP contribution in [-0.2, 0) is 6.54 Å². The van der Waals surface area contributed by atoms with Gasteiger partial charge in [-0.1, -0.05) is 5.16 Å². The van der Waals surface area contributed by atoms with Crippen LogP contribution in [0.3, 0.4) is 0 Å². The van der Waals surface area contributed by atoms with E-state index in [1.807, 2.05) is 13.0 Å². The molecule has 1 N–H and O–H groups in total. The van der Waals surface area contributed by atoms with E-state index < -0.39 is 6.10 Å². The number of hydrogen-bond donors (Lipinski definition) is 1. The van der Waals surface area contributed by atoms with Crippen molar-refractivity contribution in [1.29, 1.82) is 5.26 Å². The molecule has 7 heteroatoms. The Morgan fingerprint density at radius 1 is 1.23 bits per heavy atom. The summed E-state index contributed by atoms with van der Waals surface area (Å²) < 4.78 is 10.7. The van der Waals surface area contributed by atoms with Crippen LogP contribution >= 0.6 is 0 Å². The first kappa shape index (κ1) is 18.4. The van der Waals surface area contributed by atoms with Crippen molar-refractivity contribution in [3.63, 3.8) is 0 Å². The number of aromatic nitrogens is 1. The highest BCUT2D eigenvalue weighted by Gasteiger charge is 2.20. The lowest BCUT2D eigenvalue weighted by molar-refractivity contribution is 0.0442. The highest BCUT2D eigenvalue weighted by atomic mass is 16.5. The van der Waals surface area contributed by atoms with Crippen molar-refractivity contribution in [2.75, 3.05) is 39.3 Å². The molecule has 2 heterocycles. The molecule has 1 atom stereocenters. The lowest BCUT2D eigenvalue weighted by Crippen LogP contribution is -2.48. The van der Waals surface area contributed by atoms with Crippen LogP contribution in [0.15, 0.2) is 34.9 Å². The summed E-state index contributed by atoms with van der Waals surface area (Å²) in [5, 5.41) is 23.0. The summed E-state index contributed by atoms with van der Waals surface area (Å²) in [5.74, 6) is 1.50. The molecule has 0 spiro atoms. The summed E-state index contributed by atoms with van der Waals surface area (Å²) in [6.07, 6.45) is -0.546. The van der Waals surface area contributed by atoms with E-state index in [2.05, 4.69) is 21.0 Å². The number of ether oxygens (including phenoxy) is 1. The third-order valence-electron chi connectivity index (χ3n) is 4.42. The van der Waals surface area contributed by atoms with Gasteiger partial charge in [0, 0.05) is 45.3 Å². The quantitative estimate of drug-likeness (QED) is 0.803. The van der Waals surface area contributed by atoms with Crippen LogP contribution in [0.4, 0.5) is 0 Å². The van der Waals surface area contributed by atoms with Gasteiger partial charge in [0.05, 0.1) is 17.3 Å². The van der Waals surface area contributed by atoms with E-state index in [-0.39, 0.29) is 6.61 Å². The highest BCUT2D eigenvalue weighted by Crippen LogP contribution is 2.13. The van der Waals surface area contributed by atoms with E-state index in [0.29, 0.717) is 17.9 Å². The molecule has 0 amide bonds. The first-order valence-corrected chi connectivity index (χ1v) is 8.80. The molecule has 1 unspecified atom stereocenters. The second-order valence-corrected chi connectivity index (χ2v) is 6.61. The predicted octanol–water partition coefficient (Wildman–Crippen LogP) is 1.41. The van der Waals surface area contributed by atoms with Crippen LogP contribution in [0.5, 0.6) is 5.75 Å². The average Bonchev–Trinajstić information content (AvgIpc) is 3.07. The van der Waals surface area contributed by atoms with Crippen LogP contribution in [-0.4, -0.2) is 65.5 Å². The molecular formula is C19H24N4O3. The molecule has 3 rings (SSSR count). The minimum Gasteiger partial charge on any atom is -0.491 e. The molecule has 0 radical (unpaired) electrons. The number of β-amino-alcohol motifs (C(OH)–C–C–N with tert-alkyl or cyclic N) is 1. The highest BCUT2D eigenvalue weighted by molar-refractivity contribution is 5.34. The molecule has 0 aliphatic carbocycles. The number of aryl methyl sites for hydroxylation is 1. The van der Waals surface area contributed by atoms with Gasteiger partial charge in [0.1, 0.15) is 24.2 Å². The van der Waals surface area contributed by atoms with E-state index in [9.17, 15) is 5.11 Å². The Hall–Kier alpha value is -2.40. The summed E-state index contributed by atoms with van der Waals surface area (Å²) in [6, 6.07) is 10.9. The number of aliphatic hydroxyl groups is 1. The summed E-state index contributed by atoms with van der Waals surface area (Å²) in [5.41, 5.74) is 1.56. The zero-order valence-electron chi connectivity index (χ0n) is 15.0. The van der Waals surface area contributed by atoms with Crippen molar-refractivity contribution in [2.45, 2.75) is 19.6 Å². The maximum atomic E-state index is 10.2. The number of nitrogens with zero attached hydrogens (tertiary/aromatic N) is 4. The predicted molar refractivity (Wildman–Crippen MR) is 95.6 cm³/mol. The Balaban J connectivity index is 1.36. The molecule has 1 aliphatic heterocycles. The van der Waals surface area contributed by atoms with Crippen LogP contribution in [0, 0.1) is 18.3 Å². The Bertz CT molecular complexity index is 730. The van der Waals surface area contributed by atoms with E-state index in [0.717, 1.165) is 44.2 Å². The van der Waals surface area contributed by atoms with Crippen molar-refractivity contribution >= 4 is 0 Å². The van der Waals surface area contributed by atoms with E-state index in [4.69, 9.17) is 14.5 Å². The molecule has 1 fully saturated rings. The van der Waals surface area contributed by atoms with Crippen LogP contribution in [0.25, 0.3) is 0 Å². The Morgan fingerprint density at radius 2 is 1.92 bits per heavy atom. The number of piperazine rings is 1. The van der Waals surface area contributed by atoms with Gasteiger partial charge in [0.15, 0.2) is 0 Å². The smallest absolute Gasteiger partial charge is 0.133 e. The molecule has 1 aromatic heterocycles. The molecule has 0 saturated carbocycles. The van der Waals surface area contributed by atoms with Crippen molar-refractivity contribution in [2.24, 2.45) is 0 Å². The Kier molecular flexibility index (Phi) is 6.23. The summed E-state index contributed by atoms with van der Waals surface area (Å²) in [6.45, 7) is 7.22. The average molecular weight is 356 g/mol. The molecule has 1 aromatic carbocycles. The number of hydrogen-bond acceptors (Lipinski definition) is 7. The van der Waals surface area contributed by atoms with E-state index in [1.54, 1.807) is 24.3 Å². The third kappa shape index (κ3) is 5.30. The molecule has 1 saturated heterocycles. The minimum atomic E-state index is -0.546. The van der Waals surface area contributed by atoms with E-state index in [1.165, 1.54) is 0 Å². The molecule has 138 valence electrons. The van der Waals surface area contributed by atoms with Crippen molar-refractivity contribution < 1.29 is 14.4 Å². The topological polar surface area (TPSA) is 85.8 Å². The zero-order chi connectivity index (χ0) is 18.4. The second-order valence-electron chi connectivity index (χ2n) is 6.61. The summed E-state index contributed by atoms with van der Waals surface area (Å²) in [4.78, 5) is 4.59. The van der Waals surface area contributed by atoms with E-state index >= 15 is 0 Å². The first-order valence-electron chi connectivity index (χ1n) is 8.80. The van der Waals surface area contributed by atoms with Crippen LogP contribution < -0.4 is 4.74 Å². The van der Waals surface area contributed by atoms with Crippen molar-refractivity contribution in [3.05, 3.63) is 47.3 Å². The van der Waals surface area contributed by atoms with Gasteiger partial charge in [-0.05, 0) is 31.2 Å². The lowest BCUT2D eigenvalue weighted by atomic mass is 10.2. The lowest BCUT2D eigenvalue weighted by Gasteiger charge is -2.35. The fourth-order valence-corrected chi connectivity index (χ4v) is 3.02. The first-order chi connectivity index (χ1) is 12.6. The standard InChI is InChI=1S/C19H24N4O3/c1-15-10-17(21-26-15)12-22-6-8-23(9-7-22)13-18(24)14-25-19-4-2-16(11-20)3-5-19/h2-5,10,18,24H,6-9,12-14H2,1H3. The van der Waals surface area contributed by atoms with Gasteiger partial charge in [-0.2, -0.15) is 5.26 Å². The van der Waals surface area contributed by atoms with Crippen LogP contribution in [0.2, 0.25) is 0 Å². The minimum absolute atomic E-state index is 0.240. The monoisotopic (exact) mass is 356 g/mol. The number of benzene rings is 1. The zero-order valence-corrected chi connectivity index (χ0v) is 15.0.